The zero-order chi connectivity index (χ0) is 13.1. The Morgan fingerprint density at radius 1 is 1.39 bits per heavy atom. The van der Waals surface area contributed by atoms with Crippen molar-refractivity contribution in [3.05, 3.63) is 23.2 Å². The Labute approximate surface area is 117 Å². The summed E-state index contributed by atoms with van der Waals surface area (Å²) in [6, 6.07) is 5.57. The first kappa shape index (κ1) is 13.5. The Balaban J connectivity index is 2.11. The Kier molecular flexibility index (Phi) is 4.36. The number of hydrogen-bond acceptors (Lipinski definition) is 2. The summed E-state index contributed by atoms with van der Waals surface area (Å²) in [5, 5.41) is 2.84. The average molecular weight is 287 g/mol. The van der Waals surface area contributed by atoms with E-state index in [-0.39, 0.29) is 5.91 Å². The van der Waals surface area contributed by atoms with Crippen molar-refractivity contribution in [1.82, 2.24) is 0 Å². The van der Waals surface area contributed by atoms with Crippen LogP contribution in [0.2, 0.25) is 5.02 Å². The predicted octanol–water partition coefficient (Wildman–Crippen LogP) is 3.51. The molecule has 1 N–H and O–H groups in total. The summed E-state index contributed by atoms with van der Waals surface area (Å²) in [5.74, 6) is -0.221. The highest BCUT2D eigenvalue weighted by Gasteiger charge is 2.16. The van der Waals surface area contributed by atoms with Crippen molar-refractivity contribution >= 4 is 40.5 Å². The van der Waals surface area contributed by atoms with Gasteiger partial charge in [-0.25, -0.2) is 0 Å². The molecule has 1 aromatic carbocycles. The van der Waals surface area contributed by atoms with Crippen LogP contribution in [0.25, 0.3) is 0 Å². The topological polar surface area (TPSA) is 32.3 Å². The number of amides is 1. The van der Waals surface area contributed by atoms with Gasteiger partial charge in [-0.3, -0.25) is 4.79 Å². The molecular formula is C13H16Cl2N2O. The number of benzene rings is 1. The summed E-state index contributed by atoms with van der Waals surface area (Å²) in [6.45, 7) is 3.73. The van der Waals surface area contributed by atoms with Gasteiger partial charge in [0.2, 0.25) is 5.91 Å². The third kappa shape index (κ3) is 3.09. The van der Waals surface area contributed by atoms with E-state index in [1.807, 2.05) is 12.1 Å². The van der Waals surface area contributed by atoms with Crippen LogP contribution in [0.3, 0.4) is 0 Å². The minimum Gasteiger partial charge on any atom is -0.370 e. The molecule has 1 fully saturated rings. The molecule has 1 saturated heterocycles. The fraction of sp³-hybridized carbons (Fsp3) is 0.462. The highest BCUT2D eigenvalue weighted by molar-refractivity contribution is 6.34. The molecule has 0 aromatic heterocycles. The third-order valence-corrected chi connectivity index (χ3v) is 3.52. The van der Waals surface area contributed by atoms with Gasteiger partial charge in [0.25, 0.3) is 0 Å². The molecule has 0 radical (unpaired) electrons. The molecule has 1 heterocycles. The summed E-state index contributed by atoms with van der Waals surface area (Å²) in [6.07, 6.45) is 2.41. The molecule has 2 rings (SSSR count). The molecule has 0 saturated carbocycles. The largest absolute Gasteiger partial charge is 0.370 e. The van der Waals surface area contributed by atoms with Crippen LogP contribution in [0.4, 0.5) is 11.4 Å². The molecule has 1 aliphatic heterocycles. The summed E-state index contributed by atoms with van der Waals surface area (Å²) < 4.78 is 0. The lowest BCUT2D eigenvalue weighted by Crippen LogP contribution is -2.21. The lowest BCUT2D eigenvalue weighted by atomic mass is 10.2. The molecule has 1 amide bonds. The van der Waals surface area contributed by atoms with Crippen molar-refractivity contribution in [2.75, 3.05) is 23.3 Å². The lowest BCUT2D eigenvalue weighted by molar-refractivity contribution is -0.115. The first-order chi connectivity index (χ1) is 8.58. The monoisotopic (exact) mass is 286 g/mol. The van der Waals surface area contributed by atoms with Crippen molar-refractivity contribution in [3.8, 4) is 0 Å². The fourth-order valence-corrected chi connectivity index (χ4v) is 2.40. The molecule has 1 atom stereocenters. The Morgan fingerprint density at radius 2 is 2.06 bits per heavy atom. The van der Waals surface area contributed by atoms with E-state index in [4.69, 9.17) is 23.2 Å². The standard InChI is InChI=1S/C13H16Cl2N2O/c1-9(14)13(18)16-10-4-5-12(11(15)8-10)17-6-2-3-7-17/h4-5,8-9H,2-3,6-7H2,1H3,(H,16,18)/t9-/m1/s1. The van der Waals surface area contributed by atoms with Gasteiger partial charge in [0.1, 0.15) is 5.38 Å². The maximum absolute atomic E-state index is 11.5. The summed E-state index contributed by atoms with van der Waals surface area (Å²) >= 11 is 11.9. The minimum absolute atomic E-state index is 0.221. The average Bonchev–Trinajstić information content (AvgIpc) is 2.82. The number of carbonyl (C=O) groups is 1. The van der Waals surface area contributed by atoms with E-state index >= 15 is 0 Å². The molecule has 18 heavy (non-hydrogen) atoms. The van der Waals surface area contributed by atoms with E-state index in [2.05, 4.69) is 10.2 Å². The number of hydrogen-bond donors (Lipinski definition) is 1. The lowest BCUT2D eigenvalue weighted by Gasteiger charge is -2.19. The minimum atomic E-state index is -0.554. The normalized spacial score (nSPS) is 16.7. The van der Waals surface area contributed by atoms with Crippen LogP contribution in [0.15, 0.2) is 18.2 Å². The van der Waals surface area contributed by atoms with Crippen LogP contribution in [-0.2, 0) is 4.79 Å². The molecule has 0 bridgehead atoms. The predicted molar refractivity (Wildman–Crippen MR) is 76.8 cm³/mol. The number of nitrogens with one attached hydrogen (secondary N) is 1. The third-order valence-electron chi connectivity index (χ3n) is 3.02. The van der Waals surface area contributed by atoms with Gasteiger partial charge >= 0.3 is 0 Å². The van der Waals surface area contributed by atoms with Crippen molar-refractivity contribution < 1.29 is 4.79 Å². The second kappa shape index (κ2) is 5.81. The van der Waals surface area contributed by atoms with Crippen molar-refractivity contribution in [2.24, 2.45) is 0 Å². The van der Waals surface area contributed by atoms with Gasteiger partial charge in [-0.15, -0.1) is 11.6 Å². The Hall–Kier alpha value is -0.930. The van der Waals surface area contributed by atoms with Crippen LogP contribution < -0.4 is 10.2 Å². The van der Waals surface area contributed by atoms with Crippen LogP contribution in [0.1, 0.15) is 19.8 Å². The van der Waals surface area contributed by atoms with Gasteiger partial charge in [0, 0.05) is 18.8 Å². The van der Waals surface area contributed by atoms with Crippen LogP contribution in [0, 0.1) is 0 Å². The molecule has 1 aromatic rings. The molecule has 0 aliphatic carbocycles. The highest BCUT2D eigenvalue weighted by atomic mass is 35.5. The molecule has 98 valence electrons. The zero-order valence-corrected chi connectivity index (χ0v) is 11.8. The number of alkyl halides is 1. The first-order valence-corrected chi connectivity index (χ1v) is 6.89. The van der Waals surface area contributed by atoms with Gasteiger partial charge < -0.3 is 10.2 Å². The number of nitrogens with zero attached hydrogens (tertiary/aromatic N) is 1. The SMILES string of the molecule is C[C@@H](Cl)C(=O)Nc1ccc(N2CCCC2)c(Cl)c1. The number of anilines is 2. The molecule has 0 unspecified atom stereocenters. The van der Waals surface area contributed by atoms with E-state index in [9.17, 15) is 4.79 Å². The summed E-state index contributed by atoms with van der Waals surface area (Å²) in [5.41, 5.74) is 1.71. The zero-order valence-electron chi connectivity index (χ0n) is 10.2. The summed E-state index contributed by atoms with van der Waals surface area (Å²) in [4.78, 5) is 13.7. The maximum Gasteiger partial charge on any atom is 0.242 e. The van der Waals surface area contributed by atoms with E-state index in [1.165, 1.54) is 12.8 Å². The first-order valence-electron chi connectivity index (χ1n) is 6.07. The second-order valence-electron chi connectivity index (χ2n) is 4.47. The van der Waals surface area contributed by atoms with Gasteiger partial charge in [-0.1, -0.05) is 11.6 Å². The Morgan fingerprint density at radius 3 is 2.61 bits per heavy atom. The van der Waals surface area contributed by atoms with Gasteiger partial charge in [-0.2, -0.15) is 0 Å². The smallest absolute Gasteiger partial charge is 0.242 e. The van der Waals surface area contributed by atoms with E-state index in [0.717, 1.165) is 18.8 Å². The Bertz CT molecular complexity index is 443. The van der Waals surface area contributed by atoms with Crippen LogP contribution in [-0.4, -0.2) is 24.4 Å². The molecule has 3 nitrogen and oxygen atoms in total. The number of carbonyl (C=O) groups excluding carboxylic acids is 1. The molecule has 5 heteroatoms. The van der Waals surface area contributed by atoms with Gasteiger partial charge in [0.15, 0.2) is 0 Å². The summed E-state index contributed by atoms with van der Waals surface area (Å²) in [7, 11) is 0. The molecule has 1 aliphatic rings. The highest BCUT2D eigenvalue weighted by Crippen LogP contribution is 2.31. The van der Waals surface area contributed by atoms with E-state index in [1.54, 1.807) is 13.0 Å². The van der Waals surface area contributed by atoms with Gasteiger partial charge in [0.05, 0.1) is 10.7 Å². The molecule has 0 spiro atoms. The van der Waals surface area contributed by atoms with E-state index in [0.29, 0.717) is 10.7 Å². The van der Waals surface area contributed by atoms with Crippen molar-refractivity contribution in [1.29, 1.82) is 0 Å². The van der Waals surface area contributed by atoms with Crippen molar-refractivity contribution in [3.63, 3.8) is 0 Å². The fourth-order valence-electron chi connectivity index (χ4n) is 2.04. The number of rotatable bonds is 3. The van der Waals surface area contributed by atoms with Crippen LogP contribution >= 0.6 is 23.2 Å². The second-order valence-corrected chi connectivity index (χ2v) is 5.53. The quantitative estimate of drug-likeness (QED) is 0.863. The molecular weight excluding hydrogens is 271 g/mol. The van der Waals surface area contributed by atoms with Gasteiger partial charge in [-0.05, 0) is 38.0 Å². The van der Waals surface area contributed by atoms with E-state index < -0.39 is 5.38 Å². The van der Waals surface area contributed by atoms with Crippen LogP contribution in [0.5, 0.6) is 0 Å². The number of halogens is 2. The van der Waals surface area contributed by atoms with Crippen molar-refractivity contribution in [2.45, 2.75) is 25.1 Å². The maximum atomic E-state index is 11.5.